The molecular weight excluding hydrogens is 278 g/mol. The second-order valence-corrected chi connectivity index (χ2v) is 5.94. The van der Waals surface area contributed by atoms with Gasteiger partial charge >= 0.3 is 0 Å². The van der Waals surface area contributed by atoms with Crippen LogP contribution in [0.4, 0.5) is 5.69 Å². The molecule has 18 heavy (non-hydrogen) atoms. The summed E-state index contributed by atoms with van der Waals surface area (Å²) >= 11 is 5.78. The maximum absolute atomic E-state index is 12.1. The first kappa shape index (κ1) is 13.6. The Kier molecular flexibility index (Phi) is 4.08. The zero-order valence-electron chi connectivity index (χ0n) is 9.60. The maximum atomic E-state index is 12.1. The van der Waals surface area contributed by atoms with Crippen molar-refractivity contribution in [2.45, 2.75) is 4.90 Å². The Labute approximate surface area is 111 Å². The van der Waals surface area contributed by atoms with Gasteiger partial charge in [-0.25, -0.2) is 13.4 Å². The van der Waals surface area contributed by atoms with Crippen LogP contribution >= 0.6 is 11.6 Å². The summed E-state index contributed by atoms with van der Waals surface area (Å²) in [6.45, 7) is 1.99. The summed E-state index contributed by atoms with van der Waals surface area (Å²) < 4.78 is 29.4. The molecule has 1 aliphatic heterocycles. The standard InChI is InChI=1S/C10H14ClN3O3S/c11-8-1-2-9(12)10(7-8)18(15,16)13-14-3-5-17-6-4-14/h1-2,7,13H,3-6,12H2. The number of rotatable bonds is 3. The highest BCUT2D eigenvalue weighted by molar-refractivity contribution is 7.89. The molecule has 2 rings (SSSR count). The predicted molar refractivity (Wildman–Crippen MR) is 68.6 cm³/mol. The number of ether oxygens (including phenoxy) is 1. The fourth-order valence-electron chi connectivity index (χ4n) is 1.61. The molecule has 100 valence electrons. The van der Waals surface area contributed by atoms with Crippen molar-refractivity contribution in [2.75, 3.05) is 32.0 Å². The lowest BCUT2D eigenvalue weighted by Crippen LogP contribution is -2.48. The summed E-state index contributed by atoms with van der Waals surface area (Å²) in [7, 11) is -3.70. The van der Waals surface area contributed by atoms with Crippen LogP contribution in [0.15, 0.2) is 23.1 Å². The zero-order valence-corrected chi connectivity index (χ0v) is 11.2. The molecule has 0 radical (unpaired) electrons. The largest absolute Gasteiger partial charge is 0.398 e. The summed E-state index contributed by atoms with van der Waals surface area (Å²) in [4.78, 5) is 2.45. The molecule has 0 atom stereocenters. The first-order valence-electron chi connectivity index (χ1n) is 5.39. The van der Waals surface area contributed by atoms with E-state index in [0.29, 0.717) is 31.3 Å². The summed E-state index contributed by atoms with van der Waals surface area (Å²) in [5.74, 6) is 0. The first-order chi connectivity index (χ1) is 8.49. The van der Waals surface area contributed by atoms with E-state index in [-0.39, 0.29) is 10.6 Å². The number of nitrogens with two attached hydrogens (primary N) is 1. The van der Waals surface area contributed by atoms with E-state index in [1.807, 2.05) is 0 Å². The number of hydrazine groups is 1. The van der Waals surface area contributed by atoms with Crippen molar-refractivity contribution in [1.82, 2.24) is 9.84 Å². The SMILES string of the molecule is Nc1ccc(Cl)cc1S(=O)(=O)NN1CCOCC1. The molecule has 3 N–H and O–H groups in total. The Morgan fingerprint density at radius 1 is 1.33 bits per heavy atom. The fourth-order valence-corrected chi connectivity index (χ4v) is 3.13. The van der Waals surface area contributed by atoms with Gasteiger partial charge in [-0.3, -0.25) is 0 Å². The van der Waals surface area contributed by atoms with Gasteiger partial charge in [0, 0.05) is 18.1 Å². The number of benzene rings is 1. The number of hydrogen-bond acceptors (Lipinski definition) is 5. The normalized spacial score (nSPS) is 17.8. The summed E-state index contributed by atoms with van der Waals surface area (Å²) in [5.41, 5.74) is 5.83. The maximum Gasteiger partial charge on any atom is 0.255 e. The van der Waals surface area contributed by atoms with E-state index in [0.717, 1.165) is 0 Å². The highest BCUT2D eigenvalue weighted by atomic mass is 35.5. The van der Waals surface area contributed by atoms with Crippen molar-refractivity contribution in [3.8, 4) is 0 Å². The van der Waals surface area contributed by atoms with Crippen LogP contribution in [0.1, 0.15) is 0 Å². The zero-order chi connectivity index (χ0) is 13.2. The molecule has 8 heteroatoms. The molecule has 1 saturated heterocycles. The number of morpholine rings is 1. The van der Waals surface area contributed by atoms with Gasteiger partial charge in [-0.15, -0.1) is 4.83 Å². The van der Waals surface area contributed by atoms with Gasteiger partial charge in [0.25, 0.3) is 10.0 Å². The van der Waals surface area contributed by atoms with Gasteiger partial charge in [0.1, 0.15) is 4.90 Å². The average Bonchev–Trinajstić information content (AvgIpc) is 2.33. The van der Waals surface area contributed by atoms with E-state index in [9.17, 15) is 8.42 Å². The van der Waals surface area contributed by atoms with Crippen LogP contribution in [0.25, 0.3) is 0 Å². The van der Waals surface area contributed by atoms with Crippen LogP contribution in [0.2, 0.25) is 5.02 Å². The third-order valence-corrected chi connectivity index (χ3v) is 4.19. The Morgan fingerprint density at radius 2 is 2.00 bits per heavy atom. The van der Waals surface area contributed by atoms with E-state index >= 15 is 0 Å². The number of sulfonamides is 1. The van der Waals surface area contributed by atoms with E-state index in [1.54, 1.807) is 11.1 Å². The van der Waals surface area contributed by atoms with Crippen molar-refractivity contribution >= 4 is 27.3 Å². The minimum absolute atomic E-state index is 0.0125. The van der Waals surface area contributed by atoms with Gasteiger partial charge in [0.05, 0.1) is 18.9 Å². The van der Waals surface area contributed by atoms with E-state index in [2.05, 4.69) is 4.83 Å². The summed E-state index contributed by atoms with van der Waals surface area (Å²) in [5, 5.41) is 1.91. The molecule has 0 saturated carbocycles. The average molecular weight is 292 g/mol. The molecule has 1 aromatic rings. The van der Waals surface area contributed by atoms with Crippen LogP contribution in [-0.2, 0) is 14.8 Å². The topological polar surface area (TPSA) is 84.7 Å². The molecule has 0 spiro atoms. The van der Waals surface area contributed by atoms with Crippen molar-refractivity contribution < 1.29 is 13.2 Å². The minimum Gasteiger partial charge on any atom is -0.398 e. The second-order valence-electron chi connectivity index (χ2n) is 3.88. The smallest absolute Gasteiger partial charge is 0.255 e. The number of halogens is 1. The van der Waals surface area contributed by atoms with Crippen molar-refractivity contribution in [3.63, 3.8) is 0 Å². The third kappa shape index (κ3) is 3.12. The van der Waals surface area contributed by atoms with Gasteiger partial charge in [-0.2, -0.15) is 0 Å². The number of nitrogens with zero attached hydrogens (tertiary/aromatic N) is 1. The third-order valence-electron chi connectivity index (χ3n) is 2.53. The highest BCUT2D eigenvalue weighted by Gasteiger charge is 2.22. The Bertz CT molecular complexity index is 529. The lowest BCUT2D eigenvalue weighted by molar-refractivity contribution is 0.0272. The second kappa shape index (κ2) is 5.41. The van der Waals surface area contributed by atoms with Crippen LogP contribution < -0.4 is 10.6 Å². The van der Waals surface area contributed by atoms with E-state index < -0.39 is 10.0 Å². The Morgan fingerprint density at radius 3 is 2.67 bits per heavy atom. The molecule has 1 aliphatic rings. The van der Waals surface area contributed by atoms with Crippen LogP contribution in [0.3, 0.4) is 0 Å². The number of hydrogen-bond donors (Lipinski definition) is 2. The molecule has 0 aliphatic carbocycles. The quantitative estimate of drug-likeness (QED) is 0.790. The van der Waals surface area contributed by atoms with E-state index in [1.165, 1.54) is 12.1 Å². The lowest BCUT2D eigenvalue weighted by atomic mass is 10.3. The Hall–Kier alpha value is -0.860. The van der Waals surface area contributed by atoms with Crippen molar-refractivity contribution in [1.29, 1.82) is 0 Å². The molecule has 6 nitrogen and oxygen atoms in total. The molecule has 0 bridgehead atoms. The summed E-state index contributed by atoms with van der Waals surface area (Å²) in [6.07, 6.45) is 0. The highest BCUT2D eigenvalue weighted by Crippen LogP contribution is 2.22. The first-order valence-corrected chi connectivity index (χ1v) is 7.25. The van der Waals surface area contributed by atoms with Gasteiger partial charge in [0.2, 0.25) is 0 Å². The number of nitrogen functional groups attached to an aromatic ring is 1. The van der Waals surface area contributed by atoms with E-state index in [4.69, 9.17) is 22.1 Å². The minimum atomic E-state index is -3.70. The van der Waals surface area contributed by atoms with Gasteiger partial charge in [-0.05, 0) is 18.2 Å². The van der Waals surface area contributed by atoms with Crippen LogP contribution in [0, 0.1) is 0 Å². The molecular formula is C10H14ClN3O3S. The fraction of sp³-hybridized carbons (Fsp3) is 0.400. The predicted octanol–water partition coefficient (Wildman–Crippen LogP) is 0.448. The monoisotopic (exact) mass is 291 g/mol. The molecule has 0 amide bonds. The molecule has 0 aromatic heterocycles. The van der Waals surface area contributed by atoms with Crippen molar-refractivity contribution in [2.24, 2.45) is 0 Å². The van der Waals surface area contributed by atoms with Gasteiger partial charge in [-0.1, -0.05) is 11.6 Å². The molecule has 1 fully saturated rings. The van der Waals surface area contributed by atoms with Crippen LogP contribution in [-0.4, -0.2) is 39.7 Å². The number of anilines is 1. The van der Waals surface area contributed by atoms with Crippen LogP contribution in [0.5, 0.6) is 0 Å². The van der Waals surface area contributed by atoms with Gasteiger partial charge < -0.3 is 10.5 Å². The summed E-state index contributed by atoms with van der Waals surface area (Å²) in [6, 6.07) is 4.35. The van der Waals surface area contributed by atoms with Gasteiger partial charge in [0.15, 0.2) is 0 Å². The van der Waals surface area contributed by atoms with Crippen molar-refractivity contribution in [3.05, 3.63) is 23.2 Å². The Balaban J connectivity index is 2.21. The molecule has 0 unspecified atom stereocenters. The lowest BCUT2D eigenvalue weighted by Gasteiger charge is -2.26. The number of nitrogens with one attached hydrogen (secondary N) is 1. The molecule has 1 heterocycles. The molecule has 1 aromatic carbocycles.